The first-order chi connectivity index (χ1) is 17.0. The molecule has 0 aliphatic heterocycles. The molecule has 0 aliphatic rings. The Balaban J connectivity index is 5.60. The van der Waals surface area contributed by atoms with E-state index in [2.05, 4.69) is 48.5 Å². The molecule has 1 atom stereocenters. The maximum Gasteiger partial charge on any atom is 0.504 e. The van der Waals surface area contributed by atoms with Gasteiger partial charge in [0.15, 0.2) is 0 Å². The maximum atomic E-state index is 6.57. The van der Waals surface area contributed by atoms with Gasteiger partial charge in [-0.05, 0) is 57.8 Å². The fourth-order valence-electron chi connectivity index (χ4n) is 3.73. The minimum Gasteiger partial charge on any atom is -0.373 e. The molecular formula is C27H59O6Si2. The average molecular weight is 536 g/mol. The second-order valence-electron chi connectivity index (χ2n) is 9.32. The fourth-order valence-corrected chi connectivity index (χ4v) is 9.75. The third-order valence-electron chi connectivity index (χ3n) is 5.87. The smallest absolute Gasteiger partial charge is 0.373 e. The summed E-state index contributed by atoms with van der Waals surface area (Å²) in [5, 5.41) is 0. The monoisotopic (exact) mass is 535 g/mol. The van der Waals surface area contributed by atoms with Gasteiger partial charge in [-0.15, -0.1) is 0 Å². The molecule has 0 spiro atoms. The van der Waals surface area contributed by atoms with E-state index in [4.69, 9.17) is 26.6 Å². The van der Waals surface area contributed by atoms with Crippen LogP contribution < -0.4 is 0 Å². The van der Waals surface area contributed by atoms with Gasteiger partial charge >= 0.3 is 17.6 Å². The Hall–Kier alpha value is 0.194. The van der Waals surface area contributed by atoms with E-state index < -0.39 is 17.6 Å². The zero-order valence-electron chi connectivity index (χ0n) is 24.2. The molecule has 0 aromatic carbocycles. The van der Waals surface area contributed by atoms with Crippen molar-refractivity contribution in [3.63, 3.8) is 0 Å². The largest absolute Gasteiger partial charge is 0.504 e. The lowest BCUT2D eigenvalue weighted by atomic mass is 10.2. The van der Waals surface area contributed by atoms with Crippen molar-refractivity contribution < 1.29 is 26.6 Å². The molecule has 0 N–H and O–H groups in total. The lowest BCUT2D eigenvalue weighted by Crippen LogP contribution is -2.51. The van der Waals surface area contributed by atoms with Gasteiger partial charge in [-0.3, -0.25) is 0 Å². The van der Waals surface area contributed by atoms with Crippen LogP contribution in [0, 0.1) is 6.92 Å². The SMILES string of the molecule is [CH2]CC(CCC[Si](OCCC)(OCCC)OCCC)[Si](OCCCC)(OCCCC)OCCCC. The van der Waals surface area contributed by atoms with Crippen LogP contribution in [0.5, 0.6) is 0 Å². The van der Waals surface area contributed by atoms with E-state index in [9.17, 15) is 0 Å². The summed E-state index contributed by atoms with van der Waals surface area (Å²) in [6.45, 7) is 21.4. The molecule has 0 aromatic heterocycles. The Morgan fingerprint density at radius 2 is 0.914 bits per heavy atom. The third-order valence-corrected chi connectivity index (χ3v) is 12.2. The molecule has 35 heavy (non-hydrogen) atoms. The van der Waals surface area contributed by atoms with Gasteiger partial charge in [0.25, 0.3) is 0 Å². The average Bonchev–Trinajstić information content (AvgIpc) is 2.87. The molecule has 0 heterocycles. The van der Waals surface area contributed by atoms with Crippen LogP contribution in [0.25, 0.3) is 0 Å². The molecular weight excluding hydrogens is 476 g/mol. The standard InChI is InChI=1S/C27H59O6Si2/c1-8-15-23-31-35(32-24-16-9-2,33-25-17-10-3)27(14-7)19-18-26-34(28-20-11-4,29-21-12-5)30-22-13-6/h27H,7-26H2,1-6H3. The summed E-state index contributed by atoms with van der Waals surface area (Å²) in [7, 11) is -5.60. The molecule has 0 bridgehead atoms. The Labute approximate surface area is 220 Å². The predicted octanol–water partition coefficient (Wildman–Crippen LogP) is 7.97. The summed E-state index contributed by atoms with van der Waals surface area (Å²) in [4.78, 5) is 0. The second kappa shape index (κ2) is 23.3. The van der Waals surface area contributed by atoms with Gasteiger partial charge in [0, 0.05) is 51.2 Å². The molecule has 0 saturated heterocycles. The van der Waals surface area contributed by atoms with Crippen molar-refractivity contribution in [2.75, 3.05) is 39.6 Å². The fraction of sp³-hybridized carbons (Fsp3) is 0.963. The van der Waals surface area contributed by atoms with E-state index in [1.54, 1.807) is 0 Å². The summed E-state index contributed by atoms with van der Waals surface area (Å²) in [5.41, 5.74) is 0.170. The van der Waals surface area contributed by atoms with Crippen molar-refractivity contribution in [1.29, 1.82) is 0 Å². The zero-order valence-corrected chi connectivity index (χ0v) is 26.2. The van der Waals surface area contributed by atoms with E-state index >= 15 is 0 Å². The molecule has 8 heteroatoms. The van der Waals surface area contributed by atoms with Crippen LogP contribution in [0.1, 0.15) is 119 Å². The number of unbranched alkanes of at least 4 members (excludes halogenated alkanes) is 3. The van der Waals surface area contributed by atoms with Crippen LogP contribution in [0.4, 0.5) is 0 Å². The molecule has 0 fully saturated rings. The number of hydrogen-bond acceptors (Lipinski definition) is 6. The van der Waals surface area contributed by atoms with Crippen molar-refractivity contribution in [2.45, 2.75) is 130 Å². The topological polar surface area (TPSA) is 55.4 Å². The van der Waals surface area contributed by atoms with Crippen LogP contribution >= 0.6 is 0 Å². The van der Waals surface area contributed by atoms with Crippen LogP contribution in [0.2, 0.25) is 11.6 Å². The van der Waals surface area contributed by atoms with Gasteiger partial charge in [0.1, 0.15) is 0 Å². The lowest BCUT2D eigenvalue weighted by Gasteiger charge is -2.36. The zero-order chi connectivity index (χ0) is 26.3. The van der Waals surface area contributed by atoms with Gasteiger partial charge in [-0.1, -0.05) is 67.7 Å². The molecule has 211 valence electrons. The molecule has 0 rings (SSSR count). The Bertz CT molecular complexity index is 407. The van der Waals surface area contributed by atoms with Crippen molar-refractivity contribution in [3.8, 4) is 0 Å². The van der Waals surface area contributed by atoms with E-state index in [0.717, 1.165) is 83.1 Å². The van der Waals surface area contributed by atoms with E-state index in [-0.39, 0.29) is 5.54 Å². The molecule has 1 unspecified atom stereocenters. The minimum absolute atomic E-state index is 0.170. The molecule has 0 amide bonds. The highest BCUT2D eigenvalue weighted by Gasteiger charge is 2.49. The highest BCUT2D eigenvalue weighted by atomic mass is 28.4. The molecule has 0 saturated carbocycles. The van der Waals surface area contributed by atoms with Crippen molar-refractivity contribution >= 4 is 17.6 Å². The summed E-state index contributed by atoms with van der Waals surface area (Å²) < 4.78 is 38.7. The second-order valence-corrected chi connectivity index (χ2v) is 14.9. The van der Waals surface area contributed by atoms with Crippen LogP contribution in [-0.4, -0.2) is 57.3 Å². The summed E-state index contributed by atoms with van der Waals surface area (Å²) >= 11 is 0. The quantitative estimate of drug-likeness (QED) is 0.0785. The molecule has 1 radical (unpaired) electrons. The van der Waals surface area contributed by atoms with Gasteiger partial charge in [-0.2, -0.15) is 0 Å². The normalized spacial score (nSPS) is 13.5. The van der Waals surface area contributed by atoms with Gasteiger partial charge in [-0.25, -0.2) is 0 Å². The number of hydrogen-bond donors (Lipinski definition) is 0. The number of rotatable bonds is 27. The van der Waals surface area contributed by atoms with E-state index in [0.29, 0.717) is 39.6 Å². The van der Waals surface area contributed by atoms with Crippen LogP contribution in [-0.2, 0) is 26.6 Å². The van der Waals surface area contributed by atoms with Gasteiger partial charge < -0.3 is 26.6 Å². The van der Waals surface area contributed by atoms with E-state index in [1.807, 2.05) is 0 Å². The van der Waals surface area contributed by atoms with Gasteiger partial charge in [0.05, 0.1) is 0 Å². The predicted molar refractivity (Wildman–Crippen MR) is 151 cm³/mol. The Kier molecular flexibility index (Phi) is 23.4. The summed E-state index contributed by atoms with van der Waals surface area (Å²) in [6.07, 6.45) is 11.8. The van der Waals surface area contributed by atoms with Crippen molar-refractivity contribution in [1.82, 2.24) is 0 Å². The maximum absolute atomic E-state index is 6.57. The Morgan fingerprint density at radius 1 is 0.514 bits per heavy atom. The van der Waals surface area contributed by atoms with Gasteiger partial charge in [0.2, 0.25) is 0 Å². The first-order valence-electron chi connectivity index (χ1n) is 14.7. The minimum atomic E-state index is -2.88. The first-order valence-corrected chi connectivity index (χ1v) is 18.4. The Morgan fingerprint density at radius 3 is 1.23 bits per heavy atom. The molecule has 6 nitrogen and oxygen atoms in total. The lowest BCUT2D eigenvalue weighted by molar-refractivity contribution is 0.0439. The van der Waals surface area contributed by atoms with Crippen LogP contribution in [0.3, 0.4) is 0 Å². The van der Waals surface area contributed by atoms with Crippen LogP contribution in [0.15, 0.2) is 0 Å². The molecule has 0 aliphatic carbocycles. The summed E-state index contributed by atoms with van der Waals surface area (Å²) in [5.74, 6) is 0. The van der Waals surface area contributed by atoms with Crippen molar-refractivity contribution in [3.05, 3.63) is 6.92 Å². The third kappa shape index (κ3) is 15.3. The van der Waals surface area contributed by atoms with Crippen molar-refractivity contribution in [2.24, 2.45) is 0 Å². The highest BCUT2D eigenvalue weighted by Crippen LogP contribution is 2.36. The highest BCUT2D eigenvalue weighted by molar-refractivity contribution is 6.62. The summed E-state index contributed by atoms with van der Waals surface area (Å²) in [6, 6.07) is 0.812. The first kappa shape index (κ1) is 35.2. The van der Waals surface area contributed by atoms with E-state index in [1.165, 1.54) is 0 Å². The molecule has 0 aromatic rings.